The molecule has 0 spiro atoms. The lowest BCUT2D eigenvalue weighted by Crippen LogP contribution is -2.11. The molecule has 0 aliphatic carbocycles. The largest absolute Gasteiger partial charge is 0.388 e. The molecule has 0 saturated carbocycles. The van der Waals surface area contributed by atoms with Crippen molar-refractivity contribution in [3.8, 4) is 0 Å². The predicted octanol–water partition coefficient (Wildman–Crippen LogP) is 2.54. The topological polar surface area (TPSA) is 55.8 Å². The Hall–Kier alpha value is -0.150. The fourth-order valence-electron chi connectivity index (χ4n) is 0.961. The minimum Gasteiger partial charge on any atom is -0.388 e. The van der Waals surface area contributed by atoms with E-state index in [1.807, 2.05) is 0 Å². The van der Waals surface area contributed by atoms with Crippen LogP contribution in [0.25, 0.3) is 0 Å². The average molecular weight is 222 g/mol. The van der Waals surface area contributed by atoms with E-state index < -0.39 is 13.7 Å². The van der Waals surface area contributed by atoms with Gasteiger partial charge in [0.15, 0.2) is 0 Å². The zero-order valence-corrected chi connectivity index (χ0v) is 9.92. The molecule has 0 fully saturated rings. The van der Waals surface area contributed by atoms with Crippen LogP contribution in [0.5, 0.6) is 0 Å². The zero-order chi connectivity index (χ0) is 11.2. The molecule has 0 saturated heterocycles. The second-order valence-electron chi connectivity index (χ2n) is 2.75. The summed E-state index contributed by atoms with van der Waals surface area (Å²) in [5.41, 5.74) is 0. The van der Waals surface area contributed by atoms with Gasteiger partial charge in [0.2, 0.25) is 0 Å². The average Bonchev–Trinajstić information content (AvgIpc) is 2.16. The molecule has 5 heteroatoms. The van der Waals surface area contributed by atoms with Crippen LogP contribution in [0.2, 0.25) is 0 Å². The molecule has 0 aromatic heterocycles. The lowest BCUT2D eigenvalue weighted by atomic mass is 10.3. The first kappa shape index (κ1) is 13.8. The SMILES string of the molecule is C=C(C(O)CC)P(=O)(OCC)OCC. The van der Waals surface area contributed by atoms with Crippen LogP contribution in [0.4, 0.5) is 0 Å². The Morgan fingerprint density at radius 1 is 1.36 bits per heavy atom. The predicted molar refractivity (Wildman–Crippen MR) is 56.3 cm³/mol. The molecule has 0 aromatic rings. The van der Waals surface area contributed by atoms with Crippen molar-refractivity contribution in [2.24, 2.45) is 0 Å². The van der Waals surface area contributed by atoms with Gasteiger partial charge in [0, 0.05) is 0 Å². The van der Waals surface area contributed by atoms with E-state index in [9.17, 15) is 9.67 Å². The van der Waals surface area contributed by atoms with Gasteiger partial charge in [0.1, 0.15) is 0 Å². The summed E-state index contributed by atoms with van der Waals surface area (Å²) in [6.45, 7) is 9.33. The summed E-state index contributed by atoms with van der Waals surface area (Å²) in [6.07, 6.45) is -0.387. The molecule has 0 rings (SSSR count). The van der Waals surface area contributed by atoms with Gasteiger partial charge in [-0.3, -0.25) is 4.57 Å². The number of aliphatic hydroxyl groups is 1. The molecule has 1 N–H and O–H groups in total. The highest BCUT2D eigenvalue weighted by Crippen LogP contribution is 2.56. The standard InChI is InChI=1S/C9H19O4P/c1-5-9(10)8(4)14(11,12-6-2)13-7-3/h9-10H,4-7H2,1-3H3. The van der Waals surface area contributed by atoms with Crippen molar-refractivity contribution in [2.75, 3.05) is 13.2 Å². The Labute approximate surface area is 85.5 Å². The molecule has 1 atom stereocenters. The summed E-state index contributed by atoms with van der Waals surface area (Å²) >= 11 is 0. The van der Waals surface area contributed by atoms with Crippen molar-refractivity contribution < 1.29 is 18.7 Å². The van der Waals surface area contributed by atoms with Crippen LogP contribution >= 0.6 is 7.60 Å². The van der Waals surface area contributed by atoms with Gasteiger partial charge >= 0.3 is 7.60 Å². The molecule has 14 heavy (non-hydrogen) atoms. The number of hydrogen-bond acceptors (Lipinski definition) is 4. The van der Waals surface area contributed by atoms with Crippen molar-refractivity contribution in [2.45, 2.75) is 33.3 Å². The summed E-state index contributed by atoms with van der Waals surface area (Å²) < 4.78 is 22.1. The van der Waals surface area contributed by atoms with Crippen LogP contribution in [0.3, 0.4) is 0 Å². The molecular weight excluding hydrogens is 203 g/mol. The van der Waals surface area contributed by atoms with Crippen molar-refractivity contribution >= 4 is 7.60 Å². The molecule has 4 nitrogen and oxygen atoms in total. The summed E-state index contributed by atoms with van der Waals surface area (Å²) in [6, 6.07) is 0. The maximum absolute atomic E-state index is 12.0. The molecule has 0 bridgehead atoms. The van der Waals surface area contributed by atoms with E-state index >= 15 is 0 Å². The molecule has 0 heterocycles. The highest BCUT2D eigenvalue weighted by molar-refractivity contribution is 7.58. The van der Waals surface area contributed by atoms with Gasteiger partial charge in [-0.2, -0.15) is 0 Å². The zero-order valence-electron chi connectivity index (χ0n) is 9.02. The smallest absolute Gasteiger partial charge is 0.359 e. The Morgan fingerprint density at radius 2 is 1.79 bits per heavy atom. The minimum atomic E-state index is -3.33. The summed E-state index contributed by atoms with van der Waals surface area (Å²) in [5, 5.41) is 9.63. The van der Waals surface area contributed by atoms with Gasteiger partial charge in [-0.05, 0) is 20.3 Å². The molecular formula is C9H19O4P. The lowest BCUT2D eigenvalue weighted by molar-refractivity contribution is 0.188. The van der Waals surface area contributed by atoms with E-state index in [0.29, 0.717) is 6.42 Å². The van der Waals surface area contributed by atoms with Crippen molar-refractivity contribution in [1.29, 1.82) is 0 Å². The third-order valence-electron chi connectivity index (χ3n) is 1.72. The second-order valence-corrected chi connectivity index (χ2v) is 4.83. The first-order valence-corrected chi connectivity index (χ1v) is 6.32. The van der Waals surface area contributed by atoms with Crippen molar-refractivity contribution in [3.05, 3.63) is 11.9 Å². The number of aliphatic hydroxyl groups excluding tert-OH is 1. The summed E-state index contributed by atoms with van der Waals surface area (Å²) in [5.74, 6) is 0. The van der Waals surface area contributed by atoms with Gasteiger partial charge in [0.25, 0.3) is 0 Å². The van der Waals surface area contributed by atoms with Crippen molar-refractivity contribution in [3.63, 3.8) is 0 Å². The van der Waals surface area contributed by atoms with Gasteiger partial charge in [0.05, 0.1) is 24.6 Å². The quantitative estimate of drug-likeness (QED) is 0.672. The third-order valence-corrected chi connectivity index (χ3v) is 3.92. The van der Waals surface area contributed by atoms with Gasteiger partial charge in [-0.15, -0.1) is 0 Å². The van der Waals surface area contributed by atoms with Crippen LogP contribution in [-0.4, -0.2) is 24.4 Å². The maximum atomic E-state index is 12.0. The molecule has 0 aliphatic rings. The van der Waals surface area contributed by atoms with E-state index in [2.05, 4.69) is 6.58 Å². The van der Waals surface area contributed by atoms with Crippen LogP contribution in [-0.2, 0) is 13.6 Å². The van der Waals surface area contributed by atoms with E-state index in [1.165, 1.54) is 0 Å². The molecule has 0 aromatic carbocycles. The molecule has 0 amide bonds. The normalized spacial score (nSPS) is 14.0. The Bertz CT molecular complexity index is 217. The lowest BCUT2D eigenvalue weighted by Gasteiger charge is -2.21. The van der Waals surface area contributed by atoms with Crippen LogP contribution in [0.15, 0.2) is 11.9 Å². The molecule has 84 valence electrons. The molecule has 1 unspecified atom stereocenters. The first-order valence-electron chi connectivity index (χ1n) is 4.78. The van der Waals surface area contributed by atoms with Crippen LogP contribution < -0.4 is 0 Å². The van der Waals surface area contributed by atoms with E-state index in [-0.39, 0.29) is 18.5 Å². The number of rotatable bonds is 7. The van der Waals surface area contributed by atoms with E-state index in [0.717, 1.165) is 0 Å². The van der Waals surface area contributed by atoms with Gasteiger partial charge in [-0.1, -0.05) is 13.5 Å². The van der Waals surface area contributed by atoms with Gasteiger partial charge < -0.3 is 14.2 Å². The Morgan fingerprint density at radius 3 is 2.07 bits per heavy atom. The highest BCUT2D eigenvalue weighted by atomic mass is 31.2. The van der Waals surface area contributed by atoms with Crippen LogP contribution in [0.1, 0.15) is 27.2 Å². The summed E-state index contributed by atoms with van der Waals surface area (Å²) in [4.78, 5) is 0. The maximum Gasteiger partial charge on any atom is 0.359 e. The van der Waals surface area contributed by atoms with Crippen LogP contribution in [0, 0.1) is 0 Å². The second kappa shape index (κ2) is 6.36. The molecule has 0 radical (unpaired) electrons. The van der Waals surface area contributed by atoms with E-state index in [4.69, 9.17) is 9.05 Å². The van der Waals surface area contributed by atoms with Gasteiger partial charge in [-0.25, -0.2) is 0 Å². The van der Waals surface area contributed by atoms with Crippen molar-refractivity contribution in [1.82, 2.24) is 0 Å². The molecule has 0 aliphatic heterocycles. The fourth-order valence-corrected chi connectivity index (χ4v) is 2.59. The summed E-state index contributed by atoms with van der Waals surface area (Å²) in [7, 11) is -3.33. The Kier molecular flexibility index (Phi) is 6.29. The minimum absolute atomic E-state index is 0.142. The first-order chi connectivity index (χ1) is 6.51. The van der Waals surface area contributed by atoms with E-state index in [1.54, 1.807) is 20.8 Å². The Balaban J connectivity index is 4.64. The highest BCUT2D eigenvalue weighted by Gasteiger charge is 2.31. The fraction of sp³-hybridized carbons (Fsp3) is 0.778. The number of hydrogen-bond donors (Lipinski definition) is 1. The monoisotopic (exact) mass is 222 g/mol. The third kappa shape index (κ3) is 3.54.